The topological polar surface area (TPSA) is 97.0 Å². The Morgan fingerprint density at radius 3 is 2.77 bits per heavy atom. The van der Waals surface area contributed by atoms with Crippen molar-refractivity contribution in [2.45, 2.75) is 33.2 Å². The number of esters is 1. The first-order chi connectivity index (χ1) is 14.2. The smallest absolute Gasteiger partial charge is 0.308 e. The van der Waals surface area contributed by atoms with Crippen LogP contribution in [0.2, 0.25) is 0 Å². The van der Waals surface area contributed by atoms with Crippen LogP contribution in [0.5, 0.6) is 5.75 Å². The fourth-order valence-electron chi connectivity index (χ4n) is 2.80. The van der Waals surface area contributed by atoms with Crippen LogP contribution in [0.1, 0.15) is 37.6 Å². The largest absolute Gasteiger partial charge is 0.492 e. The van der Waals surface area contributed by atoms with Gasteiger partial charge in [-0.3, -0.25) is 19.7 Å². The van der Waals surface area contributed by atoms with E-state index in [0.717, 1.165) is 0 Å². The van der Waals surface area contributed by atoms with Gasteiger partial charge in [-0.1, -0.05) is 13.8 Å². The molecule has 2 amide bonds. The Hall–Kier alpha value is -2.20. The second-order valence-corrected chi connectivity index (χ2v) is 8.36. The molecule has 1 aromatic rings. The zero-order valence-corrected chi connectivity index (χ0v) is 19.6. The van der Waals surface area contributed by atoms with Crippen molar-refractivity contribution in [1.82, 2.24) is 15.5 Å². The summed E-state index contributed by atoms with van der Waals surface area (Å²) < 4.78 is 11.3. The summed E-state index contributed by atoms with van der Waals surface area (Å²) in [6.07, 6.45) is -0.150. The molecule has 0 radical (unpaired) electrons. The third-order valence-corrected chi connectivity index (χ3v) is 5.20. The number of halogens is 1. The number of rotatable bonds is 7. The Kier molecular flexibility index (Phi) is 9.04. The number of piperazine rings is 1. The molecule has 1 heterocycles. The van der Waals surface area contributed by atoms with Crippen molar-refractivity contribution >= 4 is 51.0 Å². The number of carbonyl (C=O) groups is 3. The fraction of sp³-hybridized carbons (Fsp3) is 0.500. The molecule has 0 spiro atoms. The van der Waals surface area contributed by atoms with Crippen LogP contribution in [0.4, 0.5) is 0 Å². The van der Waals surface area contributed by atoms with Gasteiger partial charge in [0, 0.05) is 18.7 Å². The number of amides is 2. The van der Waals surface area contributed by atoms with Gasteiger partial charge in [-0.2, -0.15) is 0 Å². The number of ether oxygens (including phenoxy) is 2. The molecular formula is C20H26BrN3O5S. The molecule has 0 aliphatic carbocycles. The monoisotopic (exact) mass is 499 g/mol. The summed E-state index contributed by atoms with van der Waals surface area (Å²) in [5, 5.41) is 5.43. The highest BCUT2D eigenvalue weighted by atomic mass is 79.9. The molecular weight excluding hydrogens is 474 g/mol. The molecule has 0 aromatic heterocycles. The third kappa shape index (κ3) is 6.66. The number of hydrogen-bond acceptors (Lipinski definition) is 6. The number of benzene rings is 1. The van der Waals surface area contributed by atoms with Crippen LogP contribution in [0.3, 0.4) is 0 Å². The van der Waals surface area contributed by atoms with Crippen LogP contribution in [0.25, 0.3) is 0 Å². The van der Waals surface area contributed by atoms with Crippen molar-refractivity contribution in [3.05, 3.63) is 28.2 Å². The maximum absolute atomic E-state index is 12.7. The Labute approximate surface area is 189 Å². The van der Waals surface area contributed by atoms with Crippen molar-refractivity contribution < 1.29 is 23.9 Å². The SMILES string of the molecule is CCOC(=O)CC1C(=O)NCCN1C(=S)NC(=O)c1ccc(OCC(C)C)c(Br)c1. The summed E-state index contributed by atoms with van der Waals surface area (Å²) in [6, 6.07) is 4.16. The summed E-state index contributed by atoms with van der Waals surface area (Å²) >= 11 is 8.77. The van der Waals surface area contributed by atoms with Crippen LogP contribution < -0.4 is 15.4 Å². The summed E-state index contributed by atoms with van der Waals surface area (Å²) in [5.74, 6) is -0.233. The third-order valence-electron chi connectivity index (χ3n) is 4.24. The minimum absolute atomic E-state index is 0.0837. The van der Waals surface area contributed by atoms with E-state index >= 15 is 0 Å². The van der Waals surface area contributed by atoms with Crippen molar-refractivity contribution in [2.75, 3.05) is 26.3 Å². The van der Waals surface area contributed by atoms with Crippen molar-refractivity contribution in [3.63, 3.8) is 0 Å². The van der Waals surface area contributed by atoms with Gasteiger partial charge in [0.1, 0.15) is 11.8 Å². The molecule has 0 saturated carbocycles. The molecule has 1 saturated heterocycles. The predicted octanol–water partition coefficient (Wildman–Crippen LogP) is 2.25. The normalized spacial score (nSPS) is 16.1. The molecule has 2 N–H and O–H groups in total. The highest BCUT2D eigenvalue weighted by Gasteiger charge is 2.34. The van der Waals surface area contributed by atoms with E-state index < -0.39 is 17.9 Å². The number of nitrogens with zero attached hydrogens (tertiary/aromatic N) is 1. The number of carbonyl (C=O) groups excluding carboxylic acids is 3. The summed E-state index contributed by atoms with van der Waals surface area (Å²) in [7, 11) is 0. The lowest BCUT2D eigenvalue weighted by molar-refractivity contribution is -0.147. The molecule has 164 valence electrons. The molecule has 1 aliphatic heterocycles. The average Bonchev–Trinajstić information content (AvgIpc) is 2.68. The zero-order chi connectivity index (χ0) is 22.3. The molecule has 1 aromatic carbocycles. The summed E-state index contributed by atoms with van der Waals surface area (Å²) in [6.45, 7) is 7.31. The van der Waals surface area contributed by atoms with E-state index in [1.165, 1.54) is 4.90 Å². The van der Waals surface area contributed by atoms with Crippen LogP contribution in [-0.4, -0.2) is 60.1 Å². The maximum atomic E-state index is 12.7. The average molecular weight is 500 g/mol. The van der Waals surface area contributed by atoms with Gasteiger partial charge in [0.05, 0.1) is 24.1 Å². The molecule has 1 unspecified atom stereocenters. The van der Waals surface area contributed by atoms with Gasteiger partial charge in [0.15, 0.2) is 5.11 Å². The first-order valence-corrected chi connectivity index (χ1v) is 10.9. The van der Waals surface area contributed by atoms with Gasteiger partial charge in [-0.05, 0) is 59.2 Å². The van der Waals surface area contributed by atoms with Gasteiger partial charge in [0.2, 0.25) is 5.91 Å². The van der Waals surface area contributed by atoms with E-state index in [1.54, 1.807) is 25.1 Å². The van der Waals surface area contributed by atoms with E-state index in [-0.39, 0.29) is 24.0 Å². The van der Waals surface area contributed by atoms with E-state index in [1.807, 2.05) is 13.8 Å². The zero-order valence-electron chi connectivity index (χ0n) is 17.2. The lowest BCUT2D eigenvalue weighted by Crippen LogP contribution is -2.60. The quantitative estimate of drug-likeness (QED) is 0.438. The highest BCUT2D eigenvalue weighted by molar-refractivity contribution is 9.10. The van der Waals surface area contributed by atoms with Crippen LogP contribution in [0.15, 0.2) is 22.7 Å². The van der Waals surface area contributed by atoms with Gasteiger partial charge >= 0.3 is 5.97 Å². The molecule has 1 aliphatic rings. The molecule has 1 fully saturated rings. The predicted molar refractivity (Wildman–Crippen MR) is 119 cm³/mol. The van der Waals surface area contributed by atoms with Crippen LogP contribution in [-0.2, 0) is 14.3 Å². The number of nitrogens with one attached hydrogen (secondary N) is 2. The molecule has 8 nitrogen and oxygen atoms in total. The Morgan fingerprint density at radius 2 is 2.13 bits per heavy atom. The lowest BCUT2D eigenvalue weighted by atomic mass is 10.1. The van der Waals surface area contributed by atoms with Crippen LogP contribution in [0, 0.1) is 5.92 Å². The standard InChI is InChI=1S/C20H26BrN3O5S/c1-4-28-17(25)10-15-19(27)22-7-8-24(15)20(30)23-18(26)13-5-6-16(14(21)9-13)29-11-12(2)3/h5-6,9,12,15H,4,7-8,10-11H2,1-3H3,(H,22,27)(H,23,26,30). The fourth-order valence-corrected chi connectivity index (χ4v) is 3.60. The summed E-state index contributed by atoms with van der Waals surface area (Å²) in [5.41, 5.74) is 0.379. The van der Waals surface area contributed by atoms with E-state index in [4.69, 9.17) is 21.7 Å². The highest BCUT2D eigenvalue weighted by Crippen LogP contribution is 2.26. The van der Waals surface area contributed by atoms with Crippen LogP contribution >= 0.6 is 28.1 Å². The Balaban J connectivity index is 2.06. The lowest BCUT2D eigenvalue weighted by Gasteiger charge is -2.36. The molecule has 30 heavy (non-hydrogen) atoms. The van der Waals surface area contributed by atoms with E-state index in [0.29, 0.717) is 41.4 Å². The van der Waals surface area contributed by atoms with Crippen molar-refractivity contribution in [2.24, 2.45) is 5.92 Å². The minimum Gasteiger partial charge on any atom is -0.492 e. The summed E-state index contributed by atoms with van der Waals surface area (Å²) in [4.78, 5) is 38.3. The Morgan fingerprint density at radius 1 is 1.40 bits per heavy atom. The van der Waals surface area contributed by atoms with Gasteiger partial charge in [-0.15, -0.1) is 0 Å². The van der Waals surface area contributed by atoms with Gasteiger partial charge < -0.3 is 19.7 Å². The molecule has 2 rings (SSSR count). The van der Waals surface area contributed by atoms with E-state index in [9.17, 15) is 14.4 Å². The second kappa shape index (κ2) is 11.3. The first kappa shape index (κ1) is 24.1. The number of hydrogen-bond donors (Lipinski definition) is 2. The molecule has 1 atom stereocenters. The minimum atomic E-state index is -0.829. The molecule has 10 heteroatoms. The molecule has 0 bridgehead atoms. The van der Waals surface area contributed by atoms with Gasteiger partial charge in [0.25, 0.3) is 5.91 Å². The van der Waals surface area contributed by atoms with Gasteiger partial charge in [-0.25, -0.2) is 0 Å². The second-order valence-electron chi connectivity index (χ2n) is 7.12. The Bertz CT molecular complexity index is 818. The van der Waals surface area contributed by atoms with Crippen molar-refractivity contribution in [1.29, 1.82) is 0 Å². The van der Waals surface area contributed by atoms with Crippen molar-refractivity contribution in [3.8, 4) is 5.75 Å². The van der Waals surface area contributed by atoms with E-state index in [2.05, 4.69) is 26.6 Å². The number of thiocarbonyl (C=S) groups is 1. The first-order valence-electron chi connectivity index (χ1n) is 9.70. The maximum Gasteiger partial charge on any atom is 0.308 e.